The number of esters is 1. The molecule has 0 aliphatic carbocycles. The maximum atomic E-state index is 13.2. The number of fused-ring (bicyclic) bond motifs is 1. The van der Waals surface area contributed by atoms with E-state index in [9.17, 15) is 24.3 Å². The predicted molar refractivity (Wildman–Crippen MR) is 199 cm³/mol. The van der Waals surface area contributed by atoms with Crippen molar-refractivity contribution in [1.29, 1.82) is 0 Å². The van der Waals surface area contributed by atoms with Crippen molar-refractivity contribution in [2.24, 2.45) is 5.16 Å². The Morgan fingerprint density at radius 3 is 2.17 bits per heavy atom. The summed E-state index contributed by atoms with van der Waals surface area (Å²) in [6.07, 6.45) is 21.0. The second-order valence-electron chi connectivity index (χ2n) is 12.9. The van der Waals surface area contributed by atoms with Gasteiger partial charge in [0.05, 0.1) is 12.2 Å². The molecule has 2 aliphatic rings. The van der Waals surface area contributed by atoms with Gasteiger partial charge in [0, 0.05) is 35.0 Å². The Labute approximate surface area is 313 Å². The second-order valence-corrected chi connectivity index (χ2v) is 14.8. The summed E-state index contributed by atoms with van der Waals surface area (Å²) >= 11 is 2.22. The first-order valence-electron chi connectivity index (χ1n) is 18.4. The van der Waals surface area contributed by atoms with E-state index in [1.54, 1.807) is 36.0 Å². The van der Waals surface area contributed by atoms with E-state index in [0.29, 0.717) is 23.5 Å². The minimum absolute atomic E-state index is 0.0388. The molecule has 0 radical (unpaired) electrons. The molecule has 2 aromatic rings. The van der Waals surface area contributed by atoms with E-state index in [1.165, 1.54) is 87.3 Å². The van der Waals surface area contributed by atoms with E-state index >= 15 is 0 Å². The van der Waals surface area contributed by atoms with Crippen LogP contribution in [0.5, 0.6) is 0 Å². The smallest absolute Gasteiger partial charge is 0.352 e. The standard InChI is InChI=1S/C36H51N7O7S2/c1-3-5-6-7-8-9-10-11-12-13-14-15-16-17-22-49-35(48)25-18-20-42(21-19-25)23-26-24-51-33-28(32(45)43(33)29(26)34(46)47)38-31(44)27(40-50-4-2)30-39-36(37)52-41-30/h18-21,28,33H,3-17,22-24H2,1-2H3,(H3-,37,38,39,41,44,46,47)/p+1/b40-27-/t28?,33-/m1/s1. The number of thioether (sulfide) groups is 1. The van der Waals surface area contributed by atoms with Crippen molar-refractivity contribution in [3.63, 3.8) is 0 Å². The van der Waals surface area contributed by atoms with Gasteiger partial charge >= 0.3 is 11.9 Å². The van der Waals surface area contributed by atoms with Gasteiger partial charge in [-0.15, -0.1) is 11.8 Å². The minimum atomic E-state index is -1.25. The molecule has 2 atom stereocenters. The maximum absolute atomic E-state index is 13.2. The van der Waals surface area contributed by atoms with E-state index in [4.69, 9.17) is 15.3 Å². The number of pyridine rings is 1. The highest BCUT2D eigenvalue weighted by atomic mass is 32.2. The van der Waals surface area contributed by atoms with Crippen molar-refractivity contribution in [1.82, 2.24) is 19.6 Å². The number of nitrogens with two attached hydrogens (primary N) is 1. The van der Waals surface area contributed by atoms with Crippen LogP contribution >= 0.6 is 23.3 Å². The van der Waals surface area contributed by atoms with Crippen LogP contribution in [-0.2, 0) is 30.5 Å². The Morgan fingerprint density at radius 2 is 1.62 bits per heavy atom. The summed E-state index contributed by atoms with van der Waals surface area (Å²) in [5.41, 5.74) is 6.22. The Balaban J connectivity index is 1.19. The van der Waals surface area contributed by atoms with Gasteiger partial charge in [-0.2, -0.15) is 9.36 Å². The van der Waals surface area contributed by atoms with Crippen LogP contribution in [0.3, 0.4) is 0 Å². The number of nitrogens with zero attached hydrogens (tertiary/aromatic N) is 5. The summed E-state index contributed by atoms with van der Waals surface area (Å²) in [5.74, 6) is -2.69. The molecule has 52 heavy (non-hydrogen) atoms. The van der Waals surface area contributed by atoms with Crippen molar-refractivity contribution in [3.8, 4) is 0 Å². The number of anilines is 1. The highest BCUT2D eigenvalue weighted by Crippen LogP contribution is 2.40. The zero-order valence-electron chi connectivity index (χ0n) is 30.2. The lowest BCUT2D eigenvalue weighted by atomic mass is 10.0. The number of carboxylic acids is 1. The third-order valence-corrected chi connectivity index (χ3v) is 10.8. The van der Waals surface area contributed by atoms with Crippen LogP contribution in [0.25, 0.3) is 0 Å². The fraction of sp³-hybridized carbons (Fsp3) is 0.611. The third-order valence-electron chi connectivity index (χ3n) is 8.92. The molecule has 1 unspecified atom stereocenters. The number of aromatic nitrogens is 3. The van der Waals surface area contributed by atoms with Gasteiger partial charge in [0.25, 0.3) is 11.8 Å². The van der Waals surface area contributed by atoms with Gasteiger partial charge in [-0.1, -0.05) is 95.6 Å². The molecule has 0 bridgehead atoms. The zero-order chi connectivity index (χ0) is 37.3. The normalized spacial score (nSPS) is 17.1. The molecule has 0 aromatic carbocycles. The fourth-order valence-electron chi connectivity index (χ4n) is 6.12. The summed E-state index contributed by atoms with van der Waals surface area (Å²) in [5, 5.41) is 16.0. The first-order valence-corrected chi connectivity index (χ1v) is 20.2. The molecule has 4 N–H and O–H groups in total. The average molecular weight is 759 g/mol. The van der Waals surface area contributed by atoms with Gasteiger partial charge in [0.2, 0.25) is 11.5 Å². The van der Waals surface area contributed by atoms with E-state index in [0.717, 1.165) is 30.8 Å². The van der Waals surface area contributed by atoms with Crippen molar-refractivity contribution in [2.75, 3.05) is 24.7 Å². The quantitative estimate of drug-likeness (QED) is 0.0318. The number of hydrogen-bond acceptors (Lipinski definition) is 12. The lowest BCUT2D eigenvalue weighted by molar-refractivity contribution is -0.689. The summed E-state index contributed by atoms with van der Waals surface area (Å²) in [6, 6.07) is 2.29. The monoisotopic (exact) mass is 758 g/mol. The third kappa shape index (κ3) is 11.7. The molecule has 4 heterocycles. The molecule has 0 saturated carbocycles. The van der Waals surface area contributed by atoms with E-state index in [1.807, 2.05) is 0 Å². The molecule has 2 aromatic heterocycles. The molecule has 14 nitrogen and oxygen atoms in total. The largest absolute Gasteiger partial charge is 0.477 e. The SMILES string of the molecule is CCCCCCCCCCCCCCCCOC(=O)c1cc[n+](CC2=C(C(=O)O)N3C(=O)C(NC(=O)/C(=N\OCC)c4nsc(N)n4)[C@H]3SC2)cc1. The Kier molecular flexibility index (Phi) is 16.8. The predicted octanol–water partition coefficient (Wildman–Crippen LogP) is 5.23. The first-order chi connectivity index (χ1) is 25.2. The number of hydrogen-bond donors (Lipinski definition) is 3. The summed E-state index contributed by atoms with van der Waals surface area (Å²) in [4.78, 5) is 61.5. The van der Waals surface area contributed by atoms with Crippen LogP contribution in [0.4, 0.5) is 5.13 Å². The zero-order valence-corrected chi connectivity index (χ0v) is 31.9. The van der Waals surface area contributed by atoms with Crippen LogP contribution in [-0.4, -0.2) is 79.2 Å². The van der Waals surface area contributed by atoms with Crippen LogP contribution in [0.15, 0.2) is 41.0 Å². The summed E-state index contributed by atoms with van der Waals surface area (Å²) < 4.78 is 11.2. The molecule has 16 heteroatoms. The number of amides is 2. The van der Waals surface area contributed by atoms with Crippen molar-refractivity contribution in [2.45, 2.75) is 122 Å². The van der Waals surface area contributed by atoms with Crippen molar-refractivity contribution < 1.29 is 38.4 Å². The molecule has 2 amide bonds. The number of carbonyl (C=O) groups excluding carboxylic acids is 3. The Morgan fingerprint density at radius 1 is 1.00 bits per heavy atom. The lowest BCUT2D eigenvalue weighted by Crippen LogP contribution is -2.71. The lowest BCUT2D eigenvalue weighted by Gasteiger charge is -2.49. The number of carboxylic acid groups (broad SMARTS) is 1. The van der Waals surface area contributed by atoms with Gasteiger partial charge in [-0.25, -0.2) is 14.2 Å². The number of oxime groups is 1. The number of carbonyl (C=O) groups is 4. The first kappa shape index (κ1) is 40.7. The Bertz CT molecular complexity index is 1560. The number of β-lactam (4-membered cyclic amide) rings is 1. The molecule has 2 aliphatic heterocycles. The van der Waals surface area contributed by atoms with E-state index in [2.05, 4.69) is 26.8 Å². The van der Waals surface area contributed by atoms with Gasteiger partial charge in [0.15, 0.2) is 24.1 Å². The molecule has 4 rings (SSSR count). The van der Waals surface area contributed by atoms with Gasteiger partial charge in [-0.3, -0.25) is 14.5 Å². The molecule has 1 fully saturated rings. The Hall–Kier alpha value is -4.05. The number of ether oxygens (including phenoxy) is 1. The van der Waals surface area contributed by atoms with Crippen LogP contribution in [0.1, 0.15) is 120 Å². The van der Waals surface area contributed by atoms with Crippen molar-refractivity contribution >= 4 is 57.9 Å². The number of aliphatic carboxylic acids is 1. The minimum Gasteiger partial charge on any atom is -0.477 e. The summed E-state index contributed by atoms with van der Waals surface area (Å²) in [6.45, 7) is 4.70. The molecular weight excluding hydrogens is 707 g/mol. The maximum Gasteiger partial charge on any atom is 0.352 e. The second kappa shape index (κ2) is 21.5. The van der Waals surface area contributed by atoms with Crippen LogP contribution < -0.4 is 15.6 Å². The molecule has 1 saturated heterocycles. The topological polar surface area (TPSA) is 190 Å². The number of unbranched alkanes of at least 4 members (excludes halogenated alkanes) is 13. The highest BCUT2D eigenvalue weighted by molar-refractivity contribution is 8.00. The van der Waals surface area contributed by atoms with Crippen LogP contribution in [0, 0.1) is 0 Å². The van der Waals surface area contributed by atoms with Gasteiger partial charge in [-0.05, 0) is 13.3 Å². The molecular formula is C36H52N7O7S2+. The number of nitrogen functional groups attached to an aromatic ring is 1. The summed E-state index contributed by atoms with van der Waals surface area (Å²) in [7, 11) is 0. The number of rotatable bonds is 24. The van der Waals surface area contributed by atoms with E-state index in [-0.39, 0.29) is 35.5 Å². The molecule has 284 valence electrons. The van der Waals surface area contributed by atoms with E-state index < -0.39 is 35.2 Å². The number of nitrogens with one attached hydrogen (secondary N) is 1. The fourth-order valence-corrected chi connectivity index (χ4v) is 7.89. The van der Waals surface area contributed by atoms with Gasteiger partial charge in [0.1, 0.15) is 23.7 Å². The van der Waals surface area contributed by atoms with Gasteiger partial charge < -0.3 is 25.7 Å². The van der Waals surface area contributed by atoms with Crippen molar-refractivity contribution in [3.05, 3.63) is 47.2 Å². The molecule has 0 spiro atoms. The van der Waals surface area contributed by atoms with Crippen LogP contribution in [0.2, 0.25) is 0 Å². The average Bonchev–Trinajstić information content (AvgIpc) is 3.57. The highest BCUT2D eigenvalue weighted by Gasteiger charge is 2.55.